The average molecular weight is 162 g/mol. The van der Waals surface area contributed by atoms with Crippen LogP contribution < -0.4 is 0 Å². The third-order valence-electron chi connectivity index (χ3n) is 1.46. The largest absolute Gasteiger partial charge is 0.478 e. The highest BCUT2D eigenvalue weighted by atomic mass is 16.4. The molecule has 0 atom stereocenters. The molecule has 4 nitrogen and oxygen atoms in total. The molecule has 0 saturated carbocycles. The first-order valence-electron chi connectivity index (χ1n) is 3.25. The van der Waals surface area contributed by atoms with Gasteiger partial charge in [-0.05, 0) is 18.6 Å². The van der Waals surface area contributed by atoms with Gasteiger partial charge in [0.2, 0.25) is 0 Å². The Hall–Kier alpha value is -1.89. The van der Waals surface area contributed by atoms with Gasteiger partial charge >= 0.3 is 5.97 Å². The van der Waals surface area contributed by atoms with Crippen LogP contribution >= 0.6 is 0 Å². The Morgan fingerprint density at radius 3 is 2.83 bits per heavy atom. The van der Waals surface area contributed by atoms with Crippen LogP contribution in [0.25, 0.3) is 0 Å². The zero-order valence-corrected chi connectivity index (χ0v) is 6.40. The van der Waals surface area contributed by atoms with Gasteiger partial charge in [0.15, 0.2) is 0 Å². The van der Waals surface area contributed by atoms with Crippen molar-refractivity contribution in [3.63, 3.8) is 0 Å². The predicted molar refractivity (Wildman–Crippen MR) is 40.6 cm³/mol. The number of hydrogen-bond donors (Lipinski definition) is 1. The fraction of sp³-hybridized carbons (Fsp3) is 0.125. The van der Waals surface area contributed by atoms with Gasteiger partial charge < -0.3 is 5.11 Å². The Morgan fingerprint density at radius 1 is 1.75 bits per heavy atom. The second kappa shape index (κ2) is 3.01. The lowest BCUT2D eigenvalue weighted by molar-refractivity contribution is 0.0695. The number of aromatic nitrogens is 1. The second-order valence-corrected chi connectivity index (χ2v) is 2.30. The minimum Gasteiger partial charge on any atom is -0.478 e. The standard InChI is InChI=1S/C8H6N2O2/c1-5-2-6(3-9)10-4-7(5)8(11)12/h2,4H,1H3,(H,11,12). The van der Waals surface area contributed by atoms with Gasteiger partial charge in [-0.25, -0.2) is 9.78 Å². The van der Waals surface area contributed by atoms with Crippen molar-refractivity contribution in [1.29, 1.82) is 5.26 Å². The van der Waals surface area contributed by atoms with Crippen molar-refractivity contribution in [2.45, 2.75) is 6.92 Å². The topological polar surface area (TPSA) is 74.0 Å². The summed E-state index contributed by atoms with van der Waals surface area (Å²) in [6.45, 7) is 1.63. The lowest BCUT2D eigenvalue weighted by Gasteiger charge is -1.98. The molecule has 0 fully saturated rings. The van der Waals surface area contributed by atoms with Crippen LogP contribution in [0.2, 0.25) is 0 Å². The highest BCUT2D eigenvalue weighted by Gasteiger charge is 2.07. The van der Waals surface area contributed by atoms with Crippen LogP contribution in [0.5, 0.6) is 0 Å². The number of carboxylic acids is 1. The van der Waals surface area contributed by atoms with Crippen molar-refractivity contribution in [3.8, 4) is 6.07 Å². The molecule has 60 valence electrons. The number of hydrogen-bond acceptors (Lipinski definition) is 3. The van der Waals surface area contributed by atoms with Crippen LogP contribution in [-0.4, -0.2) is 16.1 Å². The van der Waals surface area contributed by atoms with Gasteiger partial charge in [0.25, 0.3) is 0 Å². The summed E-state index contributed by atoms with van der Waals surface area (Å²) in [7, 11) is 0. The molecule has 12 heavy (non-hydrogen) atoms. The van der Waals surface area contributed by atoms with Gasteiger partial charge in [-0.15, -0.1) is 0 Å². The summed E-state index contributed by atoms with van der Waals surface area (Å²) < 4.78 is 0. The first-order chi connectivity index (χ1) is 5.65. The maximum absolute atomic E-state index is 10.5. The fourth-order valence-corrected chi connectivity index (χ4v) is 0.841. The van der Waals surface area contributed by atoms with E-state index < -0.39 is 5.97 Å². The van der Waals surface area contributed by atoms with Crippen LogP contribution in [0.15, 0.2) is 12.3 Å². The Kier molecular flexibility index (Phi) is 2.06. The molecule has 1 N–H and O–H groups in total. The van der Waals surface area contributed by atoms with Crippen molar-refractivity contribution < 1.29 is 9.90 Å². The van der Waals surface area contributed by atoms with Crippen LogP contribution in [0.3, 0.4) is 0 Å². The third kappa shape index (κ3) is 1.40. The Labute approximate surface area is 69.1 Å². The molecule has 0 saturated heterocycles. The van der Waals surface area contributed by atoms with E-state index in [2.05, 4.69) is 4.98 Å². The van der Waals surface area contributed by atoms with E-state index in [9.17, 15) is 4.79 Å². The molecule has 1 rings (SSSR count). The number of carboxylic acid groups (broad SMARTS) is 1. The number of carbonyl (C=O) groups is 1. The SMILES string of the molecule is Cc1cc(C#N)ncc1C(=O)O. The maximum atomic E-state index is 10.5. The number of rotatable bonds is 1. The molecule has 0 aromatic carbocycles. The van der Waals surface area contributed by atoms with Crippen molar-refractivity contribution >= 4 is 5.97 Å². The van der Waals surface area contributed by atoms with E-state index in [4.69, 9.17) is 10.4 Å². The van der Waals surface area contributed by atoms with Crippen molar-refractivity contribution in [2.24, 2.45) is 0 Å². The minimum absolute atomic E-state index is 0.133. The normalized spacial score (nSPS) is 9.00. The smallest absolute Gasteiger partial charge is 0.337 e. The van der Waals surface area contributed by atoms with E-state index in [0.29, 0.717) is 5.56 Å². The fourth-order valence-electron chi connectivity index (χ4n) is 0.841. The van der Waals surface area contributed by atoms with Crippen LogP contribution in [0.4, 0.5) is 0 Å². The van der Waals surface area contributed by atoms with Gasteiger partial charge in [0, 0.05) is 6.20 Å². The van der Waals surface area contributed by atoms with Gasteiger partial charge in [-0.3, -0.25) is 0 Å². The van der Waals surface area contributed by atoms with Gasteiger partial charge in [0.1, 0.15) is 11.8 Å². The molecular formula is C8H6N2O2. The van der Waals surface area contributed by atoms with E-state index in [1.165, 1.54) is 12.3 Å². The molecular weight excluding hydrogens is 156 g/mol. The second-order valence-electron chi connectivity index (χ2n) is 2.30. The molecule has 0 aliphatic heterocycles. The Morgan fingerprint density at radius 2 is 2.42 bits per heavy atom. The molecule has 0 aliphatic carbocycles. The molecule has 0 amide bonds. The summed E-state index contributed by atoms with van der Waals surface area (Å²) >= 11 is 0. The van der Waals surface area contributed by atoms with Crippen LogP contribution in [0, 0.1) is 18.3 Å². The Balaban J connectivity index is 3.23. The highest BCUT2D eigenvalue weighted by Crippen LogP contribution is 2.06. The lowest BCUT2D eigenvalue weighted by Crippen LogP contribution is -2.01. The summed E-state index contributed by atoms with van der Waals surface area (Å²) in [6.07, 6.45) is 1.19. The lowest BCUT2D eigenvalue weighted by atomic mass is 10.1. The van der Waals surface area contributed by atoms with E-state index >= 15 is 0 Å². The van der Waals surface area contributed by atoms with Gasteiger partial charge in [-0.2, -0.15) is 5.26 Å². The average Bonchev–Trinajstić information content (AvgIpc) is 2.03. The van der Waals surface area contributed by atoms with Gasteiger partial charge in [0.05, 0.1) is 5.56 Å². The maximum Gasteiger partial charge on any atom is 0.337 e. The molecule has 1 aromatic rings. The third-order valence-corrected chi connectivity index (χ3v) is 1.46. The quantitative estimate of drug-likeness (QED) is 0.667. The Bertz CT molecular complexity index is 366. The van der Waals surface area contributed by atoms with E-state index in [1.54, 1.807) is 6.92 Å². The first kappa shape index (κ1) is 8.21. The summed E-state index contributed by atoms with van der Waals surface area (Å²) in [5, 5.41) is 17.0. The summed E-state index contributed by atoms with van der Waals surface area (Å²) in [5.41, 5.74) is 0.917. The molecule has 0 unspecified atom stereocenters. The predicted octanol–water partition coefficient (Wildman–Crippen LogP) is 0.960. The molecule has 0 bridgehead atoms. The molecule has 4 heteroatoms. The number of aryl methyl sites for hydroxylation is 1. The zero-order chi connectivity index (χ0) is 9.14. The number of nitriles is 1. The van der Waals surface area contributed by atoms with E-state index in [1.807, 2.05) is 6.07 Å². The van der Waals surface area contributed by atoms with Crippen LogP contribution in [-0.2, 0) is 0 Å². The summed E-state index contributed by atoms with van der Waals surface area (Å²) in [6, 6.07) is 3.28. The molecule has 0 aliphatic rings. The monoisotopic (exact) mass is 162 g/mol. The highest BCUT2D eigenvalue weighted by molar-refractivity contribution is 5.88. The molecule has 1 aromatic heterocycles. The molecule has 0 radical (unpaired) electrons. The number of nitrogens with zero attached hydrogens (tertiary/aromatic N) is 2. The zero-order valence-electron chi connectivity index (χ0n) is 6.40. The van der Waals surface area contributed by atoms with Crippen molar-refractivity contribution in [3.05, 3.63) is 29.1 Å². The summed E-state index contributed by atoms with van der Waals surface area (Å²) in [5.74, 6) is -1.02. The van der Waals surface area contributed by atoms with Crippen LogP contribution in [0.1, 0.15) is 21.6 Å². The van der Waals surface area contributed by atoms with Crippen molar-refractivity contribution in [2.75, 3.05) is 0 Å². The van der Waals surface area contributed by atoms with Gasteiger partial charge in [-0.1, -0.05) is 0 Å². The number of pyridine rings is 1. The molecule has 1 heterocycles. The van der Waals surface area contributed by atoms with E-state index in [-0.39, 0.29) is 11.3 Å². The van der Waals surface area contributed by atoms with Crippen molar-refractivity contribution in [1.82, 2.24) is 4.98 Å². The first-order valence-corrected chi connectivity index (χ1v) is 3.25. The minimum atomic E-state index is -1.02. The molecule has 0 spiro atoms. The number of aromatic carboxylic acids is 1. The summed E-state index contributed by atoms with van der Waals surface area (Å²) in [4.78, 5) is 14.1. The van der Waals surface area contributed by atoms with E-state index in [0.717, 1.165) is 0 Å².